The molecule has 2 atom stereocenters. The Bertz CT molecular complexity index is 832. The Labute approximate surface area is 168 Å². The average molecular weight is 403 g/mol. The molecule has 1 aromatic heterocycles. The zero-order valence-electron chi connectivity index (χ0n) is 16.4. The van der Waals surface area contributed by atoms with Gasteiger partial charge in [0.15, 0.2) is 0 Å². The summed E-state index contributed by atoms with van der Waals surface area (Å²) in [6.07, 6.45) is 4.38. The van der Waals surface area contributed by atoms with Gasteiger partial charge in [-0.2, -0.15) is 4.68 Å². The standard InChI is InChI=1S/C19H26N6O2S/c1-12-8-13(2)10-15(9-12)25-19(22-23-24-25)28-11-17(26)21-18(27)20-16-7-5-4-6-14(16)3/h8-10,14,16H,4-7,11H2,1-3H3,(H2,20,21,26,27)/t14-,16-/m0/s1. The summed E-state index contributed by atoms with van der Waals surface area (Å²) in [4.78, 5) is 24.3. The van der Waals surface area contributed by atoms with Crippen LogP contribution in [0.2, 0.25) is 0 Å². The quantitative estimate of drug-likeness (QED) is 0.746. The van der Waals surface area contributed by atoms with Gasteiger partial charge in [0, 0.05) is 6.04 Å². The van der Waals surface area contributed by atoms with Gasteiger partial charge in [-0.25, -0.2) is 4.79 Å². The molecule has 1 aliphatic rings. The van der Waals surface area contributed by atoms with Crippen LogP contribution in [-0.2, 0) is 4.79 Å². The van der Waals surface area contributed by atoms with Gasteiger partial charge in [0.25, 0.3) is 0 Å². The molecule has 150 valence electrons. The van der Waals surface area contributed by atoms with E-state index in [-0.39, 0.29) is 17.7 Å². The molecular weight excluding hydrogens is 376 g/mol. The molecule has 2 N–H and O–H groups in total. The van der Waals surface area contributed by atoms with E-state index in [0.29, 0.717) is 11.1 Å². The lowest BCUT2D eigenvalue weighted by Crippen LogP contribution is -2.48. The third kappa shape index (κ3) is 5.31. The van der Waals surface area contributed by atoms with Crippen molar-refractivity contribution in [1.29, 1.82) is 0 Å². The number of tetrazole rings is 1. The first-order chi connectivity index (χ1) is 13.4. The van der Waals surface area contributed by atoms with E-state index < -0.39 is 6.03 Å². The van der Waals surface area contributed by atoms with Crippen molar-refractivity contribution in [3.8, 4) is 5.69 Å². The highest BCUT2D eigenvalue weighted by molar-refractivity contribution is 7.99. The van der Waals surface area contributed by atoms with Gasteiger partial charge in [0.05, 0.1) is 11.4 Å². The normalized spacial score (nSPS) is 19.2. The number of nitrogens with zero attached hydrogens (tertiary/aromatic N) is 4. The second-order valence-corrected chi connectivity index (χ2v) is 8.34. The number of benzene rings is 1. The number of carbonyl (C=O) groups is 2. The summed E-state index contributed by atoms with van der Waals surface area (Å²) in [6.45, 7) is 6.15. The van der Waals surface area contributed by atoms with E-state index in [2.05, 4.69) is 39.1 Å². The molecule has 0 unspecified atom stereocenters. The molecule has 8 nitrogen and oxygen atoms in total. The molecule has 3 amide bonds. The summed E-state index contributed by atoms with van der Waals surface area (Å²) >= 11 is 1.19. The Morgan fingerprint density at radius 3 is 2.61 bits per heavy atom. The monoisotopic (exact) mass is 402 g/mol. The van der Waals surface area contributed by atoms with E-state index in [1.54, 1.807) is 4.68 Å². The molecule has 3 rings (SSSR count). The van der Waals surface area contributed by atoms with E-state index in [9.17, 15) is 9.59 Å². The van der Waals surface area contributed by atoms with Crippen molar-refractivity contribution in [2.45, 2.75) is 57.7 Å². The van der Waals surface area contributed by atoms with E-state index in [4.69, 9.17) is 0 Å². The molecule has 0 bridgehead atoms. The van der Waals surface area contributed by atoms with Crippen LogP contribution >= 0.6 is 11.8 Å². The number of amides is 3. The second-order valence-electron chi connectivity index (χ2n) is 7.40. The third-order valence-electron chi connectivity index (χ3n) is 4.91. The third-order valence-corrected chi connectivity index (χ3v) is 5.82. The molecule has 1 heterocycles. The van der Waals surface area contributed by atoms with Crippen LogP contribution in [0.3, 0.4) is 0 Å². The van der Waals surface area contributed by atoms with Crippen molar-refractivity contribution in [2.75, 3.05) is 5.75 Å². The molecule has 0 radical (unpaired) electrons. The molecule has 1 fully saturated rings. The maximum atomic E-state index is 12.2. The Kier molecular flexibility index (Phi) is 6.66. The van der Waals surface area contributed by atoms with Crippen LogP contribution in [0.4, 0.5) is 4.79 Å². The highest BCUT2D eigenvalue weighted by Gasteiger charge is 2.23. The molecule has 1 saturated carbocycles. The molecule has 0 aliphatic heterocycles. The number of thioether (sulfide) groups is 1. The summed E-state index contributed by atoms with van der Waals surface area (Å²) in [7, 11) is 0. The molecule has 9 heteroatoms. The maximum Gasteiger partial charge on any atom is 0.321 e. The fraction of sp³-hybridized carbons (Fsp3) is 0.526. The minimum atomic E-state index is -0.432. The van der Waals surface area contributed by atoms with Gasteiger partial charge in [0.1, 0.15) is 0 Å². The van der Waals surface area contributed by atoms with Crippen molar-refractivity contribution in [1.82, 2.24) is 30.8 Å². The fourth-order valence-corrected chi connectivity index (χ4v) is 4.22. The Morgan fingerprint density at radius 2 is 1.89 bits per heavy atom. The molecular formula is C19H26N6O2S. The van der Waals surface area contributed by atoms with Crippen molar-refractivity contribution in [2.24, 2.45) is 5.92 Å². The van der Waals surface area contributed by atoms with E-state index >= 15 is 0 Å². The second kappa shape index (κ2) is 9.18. The maximum absolute atomic E-state index is 12.2. The van der Waals surface area contributed by atoms with Crippen LogP contribution in [0.1, 0.15) is 43.7 Å². The average Bonchev–Trinajstić information content (AvgIpc) is 3.10. The number of rotatable bonds is 5. The lowest BCUT2D eigenvalue weighted by Gasteiger charge is -2.29. The fourth-order valence-electron chi connectivity index (χ4n) is 3.53. The van der Waals surface area contributed by atoms with Crippen LogP contribution in [0.15, 0.2) is 23.4 Å². The zero-order valence-corrected chi connectivity index (χ0v) is 17.3. The van der Waals surface area contributed by atoms with Crippen LogP contribution in [0.25, 0.3) is 5.69 Å². The van der Waals surface area contributed by atoms with Gasteiger partial charge in [0.2, 0.25) is 11.1 Å². The summed E-state index contributed by atoms with van der Waals surface area (Å²) in [5.74, 6) is 0.117. The smallest absolute Gasteiger partial charge is 0.321 e. The van der Waals surface area contributed by atoms with E-state index in [1.807, 2.05) is 26.0 Å². The molecule has 0 spiro atoms. The van der Waals surface area contributed by atoms with E-state index in [1.165, 1.54) is 18.2 Å². The highest BCUT2D eigenvalue weighted by Crippen LogP contribution is 2.23. The van der Waals surface area contributed by atoms with Crippen molar-refractivity contribution >= 4 is 23.7 Å². The summed E-state index contributed by atoms with van der Waals surface area (Å²) in [5.41, 5.74) is 3.05. The number of aromatic nitrogens is 4. The van der Waals surface area contributed by atoms with Crippen molar-refractivity contribution < 1.29 is 9.59 Å². The molecule has 28 heavy (non-hydrogen) atoms. The van der Waals surface area contributed by atoms with Gasteiger partial charge in [-0.05, 0) is 66.3 Å². The molecule has 0 saturated heterocycles. The Morgan fingerprint density at radius 1 is 1.18 bits per heavy atom. The molecule has 1 aliphatic carbocycles. The summed E-state index contributed by atoms with van der Waals surface area (Å²) in [5, 5.41) is 17.5. The number of nitrogens with one attached hydrogen (secondary N) is 2. The largest absolute Gasteiger partial charge is 0.335 e. The van der Waals surface area contributed by atoms with Gasteiger partial charge in [-0.15, -0.1) is 5.10 Å². The Hall–Kier alpha value is -2.42. The van der Waals surface area contributed by atoms with Gasteiger partial charge < -0.3 is 5.32 Å². The highest BCUT2D eigenvalue weighted by atomic mass is 32.2. The number of hydrogen-bond acceptors (Lipinski definition) is 6. The minimum Gasteiger partial charge on any atom is -0.335 e. The predicted octanol–water partition coefficient (Wildman–Crippen LogP) is 2.78. The number of hydrogen-bond donors (Lipinski definition) is 2. The van der Waals surface area contributed by atoms with Crippen LogP contribution < -0.4 is 10.6 Å². The van der Waals surface area contributed by atoms with E-state index in [0.717, 1.165) is 36.1 Å². The molecule has 2 aromatic rings. The van der Waals surface area contributed by atoms with Gasteiger partial charge >= 0.3 is 6.03 Å². The lowest BCUT2D eigenvalue weighted by molar-refractivity contribution is -0.117. The number of urea groups is 1. The number of aryl methyl sites for hydroxylation is 2. The zero-order chi connectivity index (χ0) is 20.1. The lowest BCUT2D eigenvalue weighted by atomic mass is 9.86. The summed E-state index contributed by atoms with van der Waals surface area (Å²) in [6, 6.07) is 5.72. The topological polar surface area (TPSA) is 102 Å². The van der Waals surface area contributed by atoms with Crippen molar-refractivity contribution in [3.05, 3.63) is 29.3 Å². The SMILES string of the molecule is Cc1cc(C)cc(-n2nnnc2SCC(=O)NC(=O)N[C@H]2CCCC[C@@H]2C)c1. The first-order valence-corrected chi connectivity index (χ1v) is 10.5. The van der Waals surface area contributed by atoms with Crippen LogP contribution in [-0.4, -0.2) is 43.9 Å². The predicted molar refractivity (Wildman–Crippen MR) is 107 cm³/mol. The summed E-state index contributed by atoms with van der Waals surface area (Å²) < 4.78 is 1.60. The van der Waals surface area contributed by atoms with Crippen LogP contribution in [0, 0.1) is 19.8 Å². The minimum absolute atomic E-state index is 0.0544. The number of carbonyl (C=O) groups excluding carboxylic acids is 2. The Balaban J connectivity index is 1.54. The van der Waals surface area contributed by atoms with Crippen LogP contribution in [0.5, 0.6) is 0 Å². The van der Waals surface area contributed by atoms with Gasteiger partial charge in [-0.3, -0.25) is 10.1 Å². The first-order valence-electron chi connectivity index (χ1n) is 9.52. The van der Waals surface area contributed by atoms with Gasteiger partial charge in [-0.1, -0.05) is 37.6 Å². The first kappa shape index (κ1) is 20.3. The van der Waals surface area contributed by atoms with Crippen molar-refractivity contribution in [3.63, 3.8) is 0 Å². The number of imide groups is 1. The molecule has 1 aromatic carbocycles.